The fraction of sp³-hybridized carbons (Fsp3) is 0.605. The van der Waals surface area contributed by atoms with E-state index in [4.69, 9.17) is 4.99 Å². The topological polar surface area (TPSA) is 54.4 Å². The Kier molecular flexibility index (Phi) is 21.3. The first-order chi connectivity index (χ1) is 20.0. The molecule has 0 unspecified atom stereocenters. The number of Topliss-reactive ketones (excluding diaryl/α,β-unsaturated/α-hetero) is 1. The molecule has 0 fully saturated rings. The lowest BCUT2D eigenvalue weighted by atomic mass is 10.0. The highest BCUT2D eigenvalue weighted by molar-refractivity contribution is 5.98. The minimum atomic E-state index is 0.268. The van der Waals surface area contributed by atoms with Crippen LogP contribution in [0.5, 0.6) is 0 Å². The lowest BCUT2D eigenvalue weighted by molar-refractivity contribution is -0.116. The lowest BCUT2D eigenvalue weighted by Gasteiger charge is -2.21. The van der Waals surface area contributed by atoms with Crippen LogP contribution in [-0.4, -0.2) is 28.6 Å². The van der Waals surface area contributed by atoms with Crippen LogP contribution >= 0.6 is 0 Å². The van der Waals surface area contributed by atoms with Crippen molar-refractivity contribution in [2.24, 2.45) is 4.99 Å². The number of aromatic nitrogens is 1. The van der Waals surface area contributed by atoms with Crippen molar-refractivity contribution in [3.63, 3.8) is 0 Å². The third-order valence-corrected chi connectivity index (χ3v) is 7.11. The highest BCUT2D eigenvalue weighted by atomic mass is 16.1. The van der Waals surface area contributed by atoms with Gasteiger partial charge < -0.3 is 10.1 Å². The van der Waals surface area contributed by atoms with E-state index in [1.807, 2.05) is 6.20 Å². The molecule has 1 aromatic heterocycles. The Hall–Kier alpha value is -2.75. The minimum absolute atomic E-state index is 0.268. The summed E-state index contributed by atoms with van der Waals surface area (Å²) in [6.07, 6.45) is 12.7. The molecule has 236 valence electrons. The summed E-state index contributed by atoms with van der Waals surface area (Å²) in [5.74, 6) is 0.268. The van der Waals surface area contributed by atoms with Crippen molar-refractivity contribution < 1.29 is 4.79 Å². The number of nitrogens with one attached hydrogen (secondary N) is 1. The molecule has 0 atom stereocenters. The van der Waals surface area contributed by atoms with Crippen LogP contribution in [0.4, 0.5) is 0 Å². The average Bonchev–Trinajstić information content (AvgIpc) is 2.95. The van der Waals surface area contributed by atoms with Crippen LogP contribution in [0.2, 0.25) is 0 Å². The van der Waals surface area contributed by atoms with Gasteiger partial charge in [0.05, 0.1) is 11.4 Å². The Morgan fingerprint density at radius 3 is 1.95 bits per heavy atom. The normalized spacial score (nSPS) is 11.0. The summed E-state index contributed by atoms with van der Waals surface area (Å²) in [6, 6.07) is 9.65. The number of carbonyl (C=O) groups is 1. The van der Waals surface area contributed by atoms with Gasteiger partial charge >= 0.3 is 0 Å². The van der Waals surface area contributed by atoms with Crippen LogP contribution in [0.25, 0.3) is 5.70 Å². The van der Waals surface area contributed by atoms with Crippen LogP contribution in [-0.2, 0) is 17.6 Å². The zero-order valence-corrected chi connectivity index (χ0v) is 29.1. The SMILES string of the molecule is C=C(NC(CCC)CCC)c1cnc(C(C)=NC(CC)CC)c(C)c1.CCC.CCc1cc(C)cc(CCC(C)=O)c1. The van der Waals surface area contributed by atoms with Crippen molar-refractivity contribution in [3.8, 4) is 0 Å². The number of hydrogen-bond donors (Lipinski definition) is 1. The Morgan fingerprint density at radius 2 is 1.48 bits per heavy atom. The number of pyridine rings is 1. The standard InChI is InChI=1S/C22H37N3.C13H18O.C3H8/c1-8-12-21(13-9-2)24-17(6)19-14-16(5)22(23-15-19)18(7)25-20(10-3)11-4;1-4-12-7-10(2)8-13(9-12)6-5-11(3)14;1-3-2/h14-15,20-21,24H,6,8-13H2,1-5,7H3;7-9H,4-6H2,1-3H3;3H2,1-2H3. The first-order valence-electron chi connectivity index (χ1n) is 16.6. The van der Waals surface area contributed by atoms with Crippen molar-refractivity contribution in [1.29, 1.82) is 0 Å². The highest BCUT2D eigenvalue weighted by Crippen LogP contribution is 2.18. The summed E-state index contributed by atoms with van der Waals surface area (Å²) in [5, 5.41) is 3.60. The van der Waals surface area contributed by atoms with Crippen LogP contribution < -0.4 is 5.32 Å². The molecule has 0 aliphatic rings. The Bertz CT molecular complexity index is 1080. The number of carbonyl (C=O) groups excluding carboxylic acids is 1. The predicted octanol–water partition coefficient (Wildman–Crippen LogP) is 10.4. The van der Waals surface area contributed by atoms with Gasteiger partial charge in [-0.15, -0.1) is 0 Å². The van der Waals surface area contributed by atoms with Gasteiger partial charge in [0.1, 0.15) is 5.78 Å². The Morgan fingerprint density at radius 1 is 0.905 bits per heavy atom. The number of benzene rings is 1. The fourth-order valence-electron chi connectivity index (χ4n) is 4.86. The van der Waals surface area contributed by atoms with Gasteiger partial charge in [0.2, 0.25) is 0 Å². The molecule has 2 aromatic rings. The van der Waals surface area contributed by atoms with Crippen LogP contribution in [0.1, 0.15) is 147 Å². The summed E-state index contributed by atoms with van der Waals surface area (Å²) >= 11 is 0. The maximum atomic E-state index is 10.9. The first kappa shape index (κ1) is 39.2. The average molecular weight is 578 g/mol. The van der Waals surface area contributed by atoms with Crippen molar-refractivity contribution in [1.82, 2.24) is 10.3 Å². The van der Waals surface area contributed by atoms with Gasteiger partial charge in [-0.1, -0.05) is 98.1 Å². The highest BCUT2D eigenvalue weighted by Gasteiger charge is 2.12. The molecule has 0 aliphatic carbocycles. The Balaban J connectivity index is 0.000000829. The molecule has 4 nitrogen and oxygen atoms in total. The van der Waals surface area contributed by atoms with E-state index in [1.54, 1.807) is 6.92 Å². The second kappa shape index (κ2) is 22.8. The Labute approximate surface area is 259 Å². The summed E-state index contributed by atoms with van der Waals surface area (Å²) in [5.41, 5.74) is 9.20. The quantitative estimate of drug-likeness (QED) is 0.214. The summed E-state index contributed by atoms with van der Waals surface area (Å²) in [6.45, 7) is 27.4. The van der Waals surface area contributed by atoms with E-state index in [1.165, 1.54) is 48.8 Å². The number of aryl methyl sites for hydroxylation is 4. The molecule has 0 spiro atoms. The van der Waals surface area contributed by atoms with E-state index < -0.39 is 0 Å². The maximum Gasteiger partial charge on any atom is 0.130 e. The van der Waals surface area contributed by atoms with Gasteiger partial charge in [-0.05, 0) is 89.0 Å². The first-order valence-corrected chi connectivity index (χ1v) is 16.6. The number of aliphatic imine (C=N–C) groups is 1. The van der Waals surface area contributed by atoms with E-state index in [0.717, 1.165) is 53.9 Å². The summed E-state index contributed by atoms with van der Waals surface area (Å²) in [4.78, 5) is 20.4. The molecule has 1 aromatic carbocycles. The molecule has 1 heterocycles. The molecule has 0 aliphatic heterocycles. The van der Waals surface area contributed by atoms with E-state index in [-0.39, 0.29) is 5.78 Å². The van der Waals surface area contributed by atoms with E-state index in [9.17, 15) is 4.79 Å². The largest absolute Gasteiger partial charge is 0.382 e. The van der Waals surface area contributed by atoms with Crippen molar-refractivity contribution >= 4 is 17.2 Å². The third-order valence-electron chi connectivity index (χ3n) is 7.11. The molecule has 2 rings (SSSR count). The molecular formula is C38H63N3O. The van der Waals surface area contributed by atoms with E-state index >= 15 is 0 Å². The zero-order valence-electron chi connectivity index (χ0n) is 29.1. The van der Waals surface area contributed by atoms with Crippen molar-refractivity contribution in [3.05, 3.63) is 70.6 Å². The fourth-order valence-corrected chi connectivity index (χ4v) is 4.86. The molecule has 0 amide bonds. The molecule has 0 saturated carbocycles. The molecule has 42 heavy (non-hydrogen) atoms. The zero-order chi connectivity index (χ0) is 32.1. The molecule has 1 N–H and O–H groups in total. The minimum Gasteiger partial charge on any atom is -0.382 e. The lowest BCUT2D eigenvalue weighted by Crippen LogP contribution is -2.27. The van der Waals surface area contributed by atoms with Gasteiger partial charge in [-0.25, -0.2) is 0 Å². The number of ketones is 1. The van der Waals surface area contributed by atoms with Gasteiger partial charge in [-0.3, -0.25) is 9.98 Å². The van der Waals surface area contributed by atoms with Gasteiger partial charge in [0.15, 0.2) is 0 Å². The van der Waals surface area contributed by atoms with Crippen molar-refractivity contribution in [2.75, 3.05) is 0 Å². The number of nitrogens with zero attached hydrogens (tertiary/aromatic N) is 2. The van der Waals surface area contributed by atoms with Gasteiger partial charge in [0, 0.05) is 36.0 Å². The van der Waals surface area contributed by atoms with Crippen molar-refractivity contribution in [2.45, 2.75) is 152 Å². The molecule has 0 radical (unpaired) electrons. The summed E-state index contributed by atoms with van der Waals surface area (Å²) < 4.78 is 0. The number of hydrogen-bond acceptors (Lipinski definition) is 4. The van der Waals surface area contributed by atoms with E-state index in [2.05, 4.69) is 110 Å². The van der Waals surface area contributed by atoms with E-state index in [0.29, 0.717) is 18.5 Å². The second-order valence-electron chi connectivity index (χ2n) is 11.6. The monoisotopic (exact) mass is 577 g/mol. The smallest absolute Gasteiger partial charge is 0.130 e. The van der Waals surface area contributed by atoms with Gasteiger partial charge in [0.25, 0.3) is 0 Å². The molecule has 0 bridgehead atoms. The molecular weight excluding hydrogens is 514 g/mol. The molecule has 0 saturated heterocycles. The number of rotatable bonds is 15. The summed E-state index contributed by atoms with van der Waals surface area (Å²) in [7, 11) is 0. The second-order valence-corrected chi connectivity index (χ2v) is 11.6. The van der Waals surface area contributed by atoms with Crippen LogP contribution in [0.15, 0.2) is 42.0 Å². The third kappa shape index (κ3) is 16.0. The molecule has 4 heteroatoms. The van der Waals surface area contributed by atoms with Crippen LogP contribution in [0.3, 0.4) is 0 Å². The van der Waals surface area contributed by atoms with Gasteiger partial charge in [-0.2, -0.15) is 0 Å². The predicted molar refractivity (Wildman–Crippen MR) is 187 cm³/mol. The van der Waals surface area contributed by atoms with Crippen LogP contribution in [0, 0.1) is 13.8 Å². The maximum absolute atomic E-state index is 10.9.